The number of aryl methyl sites for hydroxylation is 2. The number of rotatable bonds is 13. The summed E-state index contributed by atoms with van der Waals surface area (Å²) in [4.78, 5) is 23.7. The number of carbonyl (C=O) groups excluding carboxylic acids is 1. The van der Waals surface area contributed by atoms with Gasteiger partial charge >= 0.3 is 5.97 Å². The lowest BCUT2D eigenvalue weighted by atomic mass is 9.85. The molecule has 4 rings (SSSR count). The first-order valence-electron chi connectivity index (χ1n) is 13.3. The van der Waals surface area contributed by atoms with E-state index in [-0.39, 0.29) is 29.7 Å². The summed E-state index contributed by atoms with van der Waals surface area (Å²) in [6, 6.07) is 26.4. The van der Waals surface area contributed by atoms with E-state index in [9.17, 15) is 14.0 Å². The molecular weight excluding hydrogens is 495 g/mol. The van der Waals surface area contributed by atoms with Crippen molar-refractivity contribution in [2.24, 2.45) is 0 Å². The van der Waals surface area contributed by atoms with Crippen molar-refractivity contribution in [2.45, 2.75) is 44.9 Å². The van der Waals surface area contributed by atoms with Crippen LogP contribution >= 0.6 is 0 Å². The number of aromatic nitrogens is 2. The highest BCUT2D eigenvalue weighted by Crippen LogP contribution is 2.32. The van der Waals surface area contributed by atoms with E-state index < -0.39 is 0 Å². The number of esters is 1. The molecule has 0 aliphatic heterocycles. The molecule has 39 heavy (non-hydrogen) atoms. The molecule has 0 bridgehead atoms. The molecule has 1 N–H and O–H groups in total. The van der Waals surface area contributed by atoms with Gasteiger partial charge in [-0.2, -0.15) is 5.10 Å². The van der Waals surface area contributed by atoms with E-state index >= 15 is 0 Å². The molecule has 3 aromatic carbocycles. The monoisotopic (exact) mass is 528 g/mol. The molecular formula is C32H33FN2O4. The zero-order valence-electron chi connectivity index (χ0n) is 22.1. The molecule has 0 unspecified atom stereocenters. The Morgan fingerprint density at radius 2 is 1.56 bits per heavy atom. The lowest BCUT2D eigenvalue weighted by molar-refractivity contribution is -0.143. The Morgan fingerprint density at radius 3 is 2.23 bits per heavy atom. The molecule has 7 heteroatoms. The van der Waals surface area contributed by atoms with Gasteiger partial charge in [0.05, 0.1) is 24.8 Å². The number of nitrogens with zero attached hydrogens (tertiary/aromatic N) is 1. The van der Waals surface area contributed by atoms with Gasteiger partial charge in [0.15, 0.2) is 0 Å². The SMILES string of the molecule is CCOC(=O)CCCOc1ccc(F)c(CCCc2cc(=O)[nH]nc2C(c2ccccc2)c2ccccc2)c1. The van der Waals surface area contributed by atoms with Gasteiger partial charge in [-0.15, -0.1) is 0 Å². The number of carbonyl (C=O) groups is 1. The number of benzene rings is 3. The Morgan fingerprint density at radius 1 is 0.897 bits per heavy atom. The van der Waals surface area contributed by atoms with E-state index in [1.54, 1.807) is 25.1 Å². The molecule has 0 saturated heterocycles. The van der Waals surface area contributed by atoms with Crippen LogP contribution in [0.25, 0.3) is 0 Å². The second-order valence-electron chi connectivity index (χ2n) is 9.26. The van der Waals surface area contributed by atoms with Crippen molar-refractivity contribution in [3.05, 3.63) is 129 Å². The first-order chi connectivity index (χ1) is 19.0. The molecule has 0 spiro atoms. The van der Waals surface area contributed by atoms with Gasteiger partial charge in [-0.25, -0.2) is 9.49 Å². The number of aromatic amines is 1. The molecule has 4 aromatic rings. The lowest BCUT2D eigenvalue weighted by Gasteiger charge is -2.20. The largest absolute Gasteiger partial charge is 0.494 e. The fraction of sp³-hybridized carbons (Fsp3) is 0.281. The van der Waals surface area contributed by atoms with Crippen molar-refractivity contribution in [3.8, 4) is 5.75 Å². The average molecular weight is 529 g/mol. The Balaban J connectivity index is 1.47. The van der Waals surface area contributed by atoms with Gasteiger partial charge in [-0.1, -0.05) is 60.7 Å². The van der Waals surface area contributed by atoms with E-state index in [4.69, 9.17) is 9.47 Å². The third-order valence-electron chi connectivity index (χ3n) is 6.47. The standard InChI is InChI=1S/C32H33FN2O4/c1-2-38-30(37)17-10-20-39-27-18-19-28(33)25(21-27)15-9-16-26-22-29(36)34-35-32(26)31(23-11-5-3-6-12-23)24-13-7-4-8-14-24/h3-8,11-14,18-19,21-22,31H,2,9-10,15-17,20H2,1H3,(H,34,36). The molecule has 0 aliphatic carbocycles. The fourth-order valence-corrected chi connectivity index (χ4v) is 4.64. The Kier molecular flexibility index (Phi) is 10.0. The topological polar surface area (TPSA) is 81.3 Å². The minimum absolute atomic E-state index is 0.151. The van der Waals surface area contributed by atoms with Gasteiger partial charge in [-0.3, -0.25) is 9.59 Å². The van der Waals surface area contributed by atoms with Gasteiger partial charge in [0.25, 0.3) is 5.56 Å². The zero-order chi connectivity index (χ0) is 27.5. The normalized spacial score (nSPS) is 10.9. The highest BCUT2D eigenvalue weighted by Gasteiger charge is 2.22. The minimum atomic E-state index is -0.301. The first kappa shape index (κ1) is 27.8. The quantitative estimate of drug-likeness (QED) is 0.170. The number of nitrogens with one attached hydrogen (secondary N) is 1. The van der Waals surface area contributed by atoms with Gasteiger partial charge in [0.1, 0.15) is 11.6 Å². The van der Waals surface area contributed by atoms with E-state index in [1.807, 2.05) is 36.4 Å². The summed E-state index contributed by atoms with van der Waals surface area (Å²) >= 11 is 0. The van der Waals surface area contributed by atoms with Crippen LogP contribution < -0.4 is 10.3 Å². The van der Waals surface area contributed by atoms with E-state index in [0.29, 0.717) is 50.2 Å². The van der Waals surface area contributed by atoms with Gasteiger partial charge in [-0.05, 0) is 73.1 Å². The van der Waals surface area contributed by atoms with Crippen LogP contribution in [0.15, 0.2) is 89.7 Å². The van der Waals surface area contributed by atoms with E-state index in [2.05, 4.69) is 34.5 Å². The van der Waals surface area contributed by atoms with Crippen LogP contribution in [0.5, 0.6) is 5.75 Å². The molecule has 0 atom stereocenters. The van der Waals surface area contributed by atoms with Gasteiger partial charge in [0.2, 0.25) is 0 Å². The Labute approximate surface area is 227 Å². The molecule has 0 saturated carbocycles. The van der Waals surface area contributed by atoms with Crippen molar-refractivity contribution in [1.82, 2.24) is 10.2 Å². The molecule has 0 aliphatic rings. The summed E-state index contributed by atoms with van der Waals surface area (Å²) in [7, 11) is 0. The van der Waals surface area contributed by atoms with Crippen LogP contribution in [-0.2, 0) is 22.4 Å². The van der Waals surface area contributed by atoms with Gasteiger partial charge < -0.3 is 9.47 Å². The summed E-state index contributed by atoms with van der Waals surface area (Å²) in [5, 5.41) is 7.10. The zero-order valence-corrected chi connectivity index (χ0v) is 22.1. The predicted octanol–water partition coefficient (Wildman–Crippen LogP) is 5.99. The molecule has 202 valence electrons. The highest BCUT2D eigenvalue weighted by molar-refractivity contribution is 5.69. The summed E-state index contributed by atoms with van der Waals surface area (Å²) in [5.74, 6) is -0.148. The van der Waals surface area contributed by atoms with Crippen LogP contribution in [0.2, 0.25) is 0 Å². The maximum atomic E-state index is 14.6. The third-order valence-corrected chi connectivity index (χ3v) is 6.47. The molecule has 1 heterocycles. The van der Waals surface area contributed by atoms with E-state index in [1.165, 1.54) is 6.07 Å². The summed E-state index contributed by atoms with van der Waals surface area (Å²) in [6.45, 7) is 2.47. The van der Waals surface area contributed by atoms with Crippen molar-refractivity contribution in [2.75, 3.05) is 13.2 Å². The second kappa shape index (κ2) is 14.0. The number of H-pyrrole nitrogens is 1. The second-order valence-corrected chi connectivity index (χ2v) is 9.26. The number of ether oxygens (including phenoxy) is 2. The van der Waals surface area contributed by atoms with Crippen LogP contribution in [0.3, 0.4) is 0 Å². The van der Waals surface area contributed by atoms with Crippen LogP contribution in [-0.4, -0.2) is 29.4 Å². The summed E-state index contributed by atoms with van der Waals surface area (Å²) in [5.41, 5.74) is 4.04. The number of hydrogen-bond donors (Lipinski definition) is 1. The molecule has 1 aromatic heterocycles. The number of hydrogen-bond acceptors (Lipinski definition) is 5. The smallest absolute Gasteiger partial charge is 0.305 e. The van der Waals surface area contributed by atoms with Crippen LogP contribution in [0, 0.1) is 5.82 Å². The lowest BCUT2D eigenvalue weighted by Crippen LogP contribution is -2.17. The summed E-state index contributed by atoms with van der Waals surface area (Å²) in [6.07, 6.45) is 2.46. The predicted molar refractivity (Wildman–Crippen MR) is 148 cm³/mol. The molecule has 0 amide bonds. The number of halogens is 1. The Bertz CT molecular complexity index is 1370. The van der Waals surface area contributed by atoms with Crippen LogP contribution in [0.4, 0.5) is 4.39 Å². The van der Waals surface area contributed by atoms with Crippen molar-refractivity contribution < 1.29 is 18.7 Å². The Hall–Kier alpha value is -4.26. The third kappa shape index (κ3) is 7.87. The minimum Gasteiger partial charge on any atom is -0.494 e. The molecule has 6 nitrogen and oxygen atoms in total. The van der Waals surface area contributed by atoms with E-state index in [0.717, 1.165) is 22.4 Å². The van der Waals surface area contributed by atoms with Crippen molar-refractivity contribution in [3.63, 3.8) is 0 Å². The fourth-order valence-electron chi connectivity index (χ4n) is 4.64. The summed E-state index contributed by atoms with van der Waals surface area (Å²) < 4.78 is 25.3. The highest BCUT2D eigenvalue weighted by atomic mass is 19.1. The van der Waals surface area contributed by atoms with Gasteiger partial charge in [0, 0.05) is 12.5 Å². The van der Waals surface area contributed by atoms with Crippen molar-refractivity contribution >= 4 is 5.97 Å². The van der Waals surface area contributed by atoms with Crippen molar-refractivity contribution in [1.29, 1.82) is 0 Å². The average Bonchev–Trinajstić information content (AvgIpc) is 2.95. The van der Waals surface area contributed by atoms with Crippen LogP contribution in [0.1, 0.15) is 60.1 Å². The molecule has 0 radical (unpaired) electrons. The maximum absolute atomic E-state index is 14.6. The molecule has 0 fully saturated rings. The first-order valence-corrected chi connectivity index (χ1v) is 13.3. The maximum Gasteiger partial charge on any atom is 0.305 e.